The molecule has 2 aliphatic heterocycles. The number of halogens is 7. The maximum atomic E-state index is 15.2. The molecule has 0 bridgehead atoms. The van der Waals surface area contributed by atoms with Crippen molar-refractivity contribution in [2.45, 2.75) is 30.5 Å². The Morgan fingerprint density at radius 1 is 1.14 bits per heavy atom. The fourth-order valence-electron chi connectivity index (χ4n) is 3.96. The summed E-state index contributed by atoms with van der Waals surface area (Å²) in [5, 5.41) is -1.18. The normalized spacial score (nSPS) is 22.3. The smallest absolute Gasteiger partial charge is 0.372 e. The molecule has 2 aliphatic rings. The third kappa shape index (κ3) is 4.37. The Hall–Kier alpha value is -2.40. The minimum atomic E-state index is -4.96. The maximum Gasteiger partial charge on any atom is 0.428 e. The first-order valence-corrected chi connectivity index (χ1v) is 11.1. The lowest BCUT2D eigenvalue weighted by atomic mass is 9.86. The van der Waals surface area contributed by atoms with E-state index in [0.29, 0.717) is 0 Å². The van der Waals surface area contributed by atoms with Gasteiger partial charge in [-0.05, 0) is 36.3 Å². The molecule has 2 unspecified atom stereocenters. The molecule has 0 saturated carbocycles. The molecule has 1 fully saturated rings. The Balaban J connectivity index is 1.60. The van der Waals surface area contributed by atoms with E-state index in [9.17, 15) is 22.4 Å². The first kappa shape index (κ1) is 25.7. The summed E-state index contributed by atoms with van der Waals surface area (Å²) in [6.07, 6.45) is -4.87. The highest BCUT2D eigenvalue weighted by molar-refractivity contribution is 6.35. The van der Waals surface area contributed by atoms with Gasteiger partial charge in [-0.15, -0.1) is 0 Å². The molecule has 12 heteroatoms. The van der Waals surface area contributed by atoms with Gasteiger partial charge in [-0.1, -0.05) is 47.5 Å². The van der Waals surface area contributed by atoms with Crippen molar-refractivity contribution in [2.24, 2.45) is 0 Å². The lowest BCUT2D eigenvalue weighted by Crippen LogP contribution is -2.60. The Morgan fingerprint density at radius 3 is 2.23 bits per heavy atom. The topological polar surface area (TPSA) is 50.8 Å². The number of hydrogen-bond donors (Lipinski definition) is 1. The van der Waals surface area contributed by atoms with E-state index in [1.54, 1.807) is 6.92 Å². The van der Waals surface area contributed by atoms with Crippen molar-refractivity contribution in [3.8, 4) is 0 Å². The van der Waals surface area contributed by atoms with Crippen LogP contribution in [0.25, 0.3) is 5.70 Å². The van der Waals surface area contributed by atoms with Crippen LogP contribution in [0.5, 0.6) is 0 Å². The molecule has 0 aliphatic carbocycles. The van der Waals surface area contributed by atoms with Gasteiger partial charge in [0.15, 0.2) is 11.5 Å². The quantitative estimate of drug-likeness (QED) is 0.404. The van der Waals surface area contributed by atoms with Gasteiger partial charge < -0.3 is 9.64 Å². The van der Waals surface area contributed by atoms with Crippen LogP contribution in [0.4, 0.5) is 22.0 Å². The minimum Gasteiger partial charge on any atom is -0.372 e. The van der Waals surface area contributed by atoms with Gasteiger partial charge in [0, 0.05) is 12.7 Å². The van der Waals surface area contributed by atoms with Crippen molar-refractivity contribution in [1.29, 1.82) is 0 Å². The Kier molecular flexibility index (Phi) is 6.54. The molecule has 2 aromatic rings. The number of alkyl halides is 4. The SMILES string of the molecule is COC(C)C(=O)N1CC(F)(c2ccc(C3=CC(c4cc(Cl)c(F)c(Cl)c4)(C(F)(F)F)ON3)cc2)C1. The van der Waals surface area contributed by atoms with E-state index in [-0.39, 0.29) is 35.8 Å². The summed E-state index contributed by atoms with van der Waals surface area (Å²) in [5.41, 5.74) is -2.54. The molecule has 1 amide bonds. The first-order chi connectivity index (χ1) is 16.3. The molecular weight excluding hydrogens is 518 g/mol. The summed E-state index contributed by atoms with van der Waals surface area (Å²) < 4.78 is 76.4. The van der Waals surface area contributed by atoms with Gasteiger partial charge in [0.05, 0.1) is 28.8 Å². The summed E-state index contributed by atoms with van der Waals surface area (Å²) >= 11 is 11.4. The second kappa shape index (κ2) is 8.92. The third-order valence-corrected chi connectivity index (χ3v) is 6.66. The van der Waals surface area contributed by atoms with E-state index in [1.165, 1.54) is 36.3 Å². The molecule has 0 radical (unpaired) electrons. The number of ether oxygens (including phenoxy) is 1. The Morgan fingerprint density at radius 2 is 1.71 bits per heavy atom. The highest BCUT2D eigenvalue weighted by Gasteiger charge is 2.60. The van der Waals surface area contributed by atoms with Crippen LogP contribution in [0.15, 0.2) is 42.5 Å². The van der Waals surface area contributed by atoms with Gasteiger partial charge >= 0.3 is 6.18 Å². The van der Waals surface area contributed by atoms with Gasteiger partial charge in [-0.2, -0.15) is 13.2 Å². The summed E-state index contributed by atoms with van der Waals surface area (Å²) in [7, 11) is 1.38. The molecule has 2 heterocycles. The van der Waals surface area contributed by atoms with Gasteiger partial charge in [-0.3, -0.25) is 15.1 Å². The first-order valence-electron chi connectivity index (χ1n) is 10.3. The Bertz CT molecular complexity index is 1160. The van der Waals surface area contributed by atoms with Crippen molar-refractivity contribution < 1.29 is 36.3 Å². The largest absolute Gasteiger partial charge is 0.428 e. The predicted octanol–water partition coefficient (Wildman–Crippen LogP) is 5.51. The lowest BCUT2D eigenvalue weighted by molar-refractivity contribution is -0.269. The number of hydroxylamine groups is 1. The molecule has 0 spiro atoms. The zero-order chi connectivity index (χ0) is 25.8. The molecule has 2 atom stereocenters. The molecule has 1 N–H and O–H groups in total. The van der Waals surface area contributed by atoms with Gasteiger partial charge in [0.1, 0.15) is 6.10 Å². The molecule has 0 aromatic heterocycles. The second-order valence-electron chi connectivity index (χ2n) is 8.36. The number of carbonyl (C=O) groups excluding carboxylic acids is 1. The van der Waals surface area contributed by atoms with Crippen molar-refractivity contribution in [3.05, 3.63) is 75.0 Å². The molecular formula is C23H19Cl2F5N2O3. The number of amides is 1. The van der Waals surface area contributed by atoms with Crippen LogP contribution in [0.1, 0.15) is 23.6 Å². The zero-order valence-electron chi connectivity index (χ0n) is 18.4. The number of methoxy groups -OCH3 is 1. The predicted molar refractivity (Wildman–Crippen MR) is 119 cm³/mol. The molecule has 1 saturated heterocycles. The number of nitrogens with zero attached hydrogens (tertiary/aromatic N) is 1. The second-order valence-corrected chi connectivity index (χ2v) is 9.18. The lowest BCUT2D eigenvalue weighted by Gasteiger charge is -2.45. The van der Waals surface area contributed by atoms with Gasteiger partial charge in [-0.25, -0.2) is 8.78 Å². The molecule has 188 valence electrons. The number of hydrogen-bond acceptors (Lipinski definition) is 4. The van der Waals surface area contributed by atoms with Crippen LogP contribution in [0.3, 0.4) is 0 Å². The van der Waals surface area contributed by atoms with Crippen LogP contribution < -0.4 is 5.48 Å². The fraction of sp³-hybridized carbons (Fsp3) is 0.348. The molecule has 4 rings (SSSR count). The average molecular weight is 537 g/mol. The van der Waals surface area contributed by atoms with Crippen molar-refractivity contribution in [1.82, 2.24) is 10.4 Å². The van der Waals surface area contributed by atoms with E-state index in [1.807, 2.05) is 0 Å². The molecule has 35 heavy (non-hydrogen) atoms. The van der Waals surface area contributed by atoms with Crippen molar-refractivity contribution in [3.63, 3.8) is 0 Å². The van der Waals surface area contributed by atoms with Crippen LogP contribution >= 0.6 is 23.2 Å². The molecule has 2 aromatic carbocycles. The van der Waals surface area contributed by atoms with Crippen molar-refractivity contribution >= 4 is 34.8 Å². The van der Waals surface area contributed by atoms with Gasteiger partial charge in [0.2, 0.25) is 5.60 Å². The van der Waals surface area contributed by atoms with E-state index >= 15 is 4.39 Å². The third-order valence-electron chi connectivity index (χ3n) is 6.11. The van der Waals surface area contributed by atoms with E-state index in [4.69, 9.17) is 32.8 Å². The van der Waals surface area contributed by atoms with Crippen LogP contribution in [0.2, 0.25) is 10.0 Å². The monoisotopic (exact) mass is 536 g/mol. The number of carbonyl (C=O) groups is 1. The van der Waals surface area contributed by atoms with Crippen LogP contribution in [-0.2, 0) is 25.6 Å². The summed E-state index contributed by atoms with van der Waals surface area (Å²) in [5.74, 6) is -1.38. The Labute approximate surface area is 207 Å². The van der Waals surface area contributed by atoms with Gasteiger partial charge in [0.25, 0.3) is 5.91 Å². The number of nitrogens with one attached hydrogen (secondary N) is 1. The minimum absolute atomic E-state index is 0.0438. The number of rotatable bonds is 5. The summed E-state index contributed by atoms with van der Waals surface area (Å²) in [6, 6.07) is 7.30. The maximum absolute atomic E-state index is 15.2. The summed E-state index contributed by atoms with van der Waals surface area (Å²) in [4.78, 5) is 18.4. The standard InChI is InChI=1S/C23H19Cl2F5N2O3/c1-12(34-2)20(33)32-10-21(27,11-32)14-5-3-13(4-6-14)18-9-22(35-31-18,23(28,29)30)15-7-16(24)19(26)17(25)8-15/h3-9,12,31H,10-11H2,1-2H3. The summed E-state index contributed by atoms with van der Waals surface area (Å²) in [6.45, 7) is 1.24. The zero-order valence-corrected chi connectivity index (χ0v) is 19.9. The molecule has 5 nitrogen and oxygen atoms in total. The fourth-order valence-corrected chi connectivity index (χ4v) is 4.45. The van der Waals surface area contributed by atoms with E-state index in [2.05, 4.69) is 5.48 Å². The number of benzene rings is 2. The average Bonchev–Trinajstić information content (AvgIpc) is 3.26. The van der Waals surface area contributed by atoms with Crippen LogP contribution in [0, 0.1) is 5.82 Å². The highest BCUT2D eigenvalue weighted by atomic mass is 35.5. The van der Waals surface area contributed by atoms with Crippen LogP contribution in [-0.4, -0.2) is 43.3 Å². The highest BCUT2D eigenvalue weighted by Crippen LogP contribution is 2.48. The number of likely N-dealkylation sites (tertiary alicyclic amines) is 1. The van der Waals surface area contributed by atoms with Crippen molar-refractivity contribution in [2.75, 3.05) is 20.2 Å². The van der Waals surface area contributed by atoms with E-state index in [0.717, 1.165) is 18.2 Å². The van der Waals surface area contributed by atoms with E-state index < -0.39 is 45.0 Å².